The molecule has 23 heavy (non-hydrogen) atoms. The zero-order chi connectivity index (χ0) is 16.8. The Kier molecular flexibility index (Phi) is 5.88. The molecule has 122 valence electrons. The molecule has 1 amide bonds. The predicted octanol–water partition coefficient (Wildman–Crippen LogP) is 4.37. The first-order valence-electron chi connectivity index (χ1n) is 7.32. The summed E-state index contributed by atoms with van der Waals surface area (Å²) < 4.78 is 10.8. The van der Waals surface area contributed by atoms with Crippen LogP contribution in [0.15, 0.2) is 36.4 Å². The number of hydrogen-bond donors (Lipinski definition) is 1. The lowest BCUT2D eigenvalue weighted by Gasteiger charge is -2.11. The van der Waals surface area contributed by atoms with E-state index in [1.165, 1.54) is 0 Å². The number of ether oxygens (including phenoxy) is 2. The number of hydrogen-bond acceptors (Lipinski definition) is 3. The molecule has 4 nitrogen and oxygen atoms in total. The number of benzene rings is 2. The van der Waals surface area contributed by atoms with E-state index in [1.807, 2.05) is 26.0 Å². The van der Waals surface area contributed by atoms with Crippen LogP contribution in [0.5, 0.6) is 11.5 Å². The van der Waals surface area contributed by atoms with Crippen LogP contribution in [-0.2, 0) is 4.79 Å². The minimum atomic E-state index is -0.157. The molecule has 0 saturated carbocycles. The SMILES string of the molecule is COc1ccc(Cl)cc1NC(=O)CCOc1cc(C)cc(C)c1. The number of carbonyl (C=O) groups is 1. The third kappa shape index (κ3) is 5.18. The van der Waals surface area contributed by atoms with Crippen molar-refractivity contribution in [2.45, 2.75) is 20.3 Å². The van der Waals surface area contributed by atoms with E-state index in [0.29, 0.717) is 23.1 Å². The fourth-order valence-corrected chi connectivity index (χ4v) is 2.44. The van der Waals surface area contributed by atoms with Crippen LogP contribution in [0.3, 0.4) is 0 Å². The molecule has 0 aliphatic rings. The van der Waals surface area contributed by atoms with Crippen LogP contribution in [-0.4, -0.2) is 19.6 Å². The van der Waals surface area contributed by atoms with E-state index in [-0.39, 0.29) is 12.3 Å². The van der Waals surface area contributed by atoms with Gasteiger partial charge in [-0.15, -0.1) is 0 Å². The monoisotopic (exact) mass is 333 g/mol. The molecule has 0 aliphatic carbocycles. The molecular formula is C18H20ClNO3. The number of carbonyl (C=O) groups excluding carboxylic acids is 1. The van der Waals surface area contributed by atoms with Crippen molar-refractivity contribution in [2.75, 3.05) is 19.0 Å². The van der Waals surface area contributed by atoms with E-state index in [1.54, 1.807) is 25.3 Å². The second-order valence-electron chi connectivity index (χ2n) is 5.31. The van der Waals surface area contributed by atoms with E-state index in [4.69, 9.17) is 21.1 Å². The molecule has 2 rings (SSSR count). The van der Waals surface area contributed by atoms with Crippen molar-refractivity contribution in [3.8, 4) is 11.5 Å². The highest BCUT2D eigenvalue weighted by atomic mass is 35.5. The van der Waals surface area contributed by atoms with Crippen molar-refractivity contribution in [3.05, 3.63) is 52.5 Å². The molecule has 5 heteroatoms. The zero-order valence-corrected chi connectivity index (χ0v) is 14.2. The average Bonchev–Trinajstić information content (AvgIpc) is 2.46. The van der Waals surface area contributed by atoms with Crippen molar-refractivity contribution < 1.29 is 14.3 Å². The predicted molar refractivity (Wildman–Crippen MR) is 92.7 cm³/mol. The van der Waals surface area contributed by atoms with Gasteiger partial charge in [0.15, 0.2) is 0 Å². The second-order valence-corrected chi connectivity index (χ2v) is 5.75. The van der Waals surface area contributed by atoms with Gasteiger partial charge in [0.1, 0.15) is 11.5 Å². The van der Waals surface area contributed by atoms with Crippen LogP contribution in [0.2, 0.25) is 5.02 Å². The Morgan fingerprint density at radius 1 is 1.13 bits per heavy atom. The molecule has 0 atom stereocenters. The molecular weight excluding hydrogens is 314 g/mol. The Labute approximate surface area is 141 Å². The number of rotatable bonds is 6. The fourth-order valence-electron chi connectivity index (χ4n) is 2.27. The summed E-state index contributed by atoms with van der Waals surface area (Å²) in [5, 5.41) is 3.32. The average molecular weight is 334 g/mol. The highest BCUT2D eigenvalue weighted by Crippen LogP contribution is 2.27. The zero-order valence-electron chi connectivity index (χ0n) is 13.5. The summed E-state index contributed by atoms with van der Waals surface area (Å²) in [6.07, 6.45) is 0.239. The summed E-state index contributed by atoms with van der Waals surface area (Å²) in [6.45, 7) is 4.33. The molecule has 0 bridgehead atoms. The van der Waals surface area contributed by atoms with Gasteiger partial charge in [-0.3, -0.25) is 4.79 Å². The lowest BCUT2D eigenvalue weighted by Crippen LogP contribution is -2.15. The lowest BCUT2D eigenvalue weighted by atomic mass is 10.1. The maximum atomic E-state index is 12.0. The first-order valence-corrected chi connectivity index (χ1v) is 7.70. The van der Waals surface area contributed by atoms with Crippen LogP contribution in [0, 0.1) is 13.8 Å². The van der Waals surface area contributed by atoms with E-state index in [9.17, 15) is 4.79 Å². The molecule has 0 aromatic heterocycles. The van der Waals surface area contributed by atoms with Crippen molar-refractivity contribution in [1.29, 1.82) is 0 Å². The summed E-state index contributed by atoms with van der Waals surface area (Å²) in [7, 11) is 1.54. The normalized spacial score (nSPS) is 10.3. The molecule has 2 aromatic rings. The van der Waals surface area contributed by atoms with Crippen molar-refractivity contribution in [1.82, 2.24) is 0 Å². The number of nitrogens with one attached hydrogen (secondary N) is 1. The first-order chi connectivity index (χ1) is 11.0. The van der Waals surface area contributed by atoms with Crippen LogP contribution in [0.25, 0.3) is 0 Å². The quantitative estimate of drug-likeness (QED) is 0.853. The van der Waals surface area contributed by atoms with Crippen molar-refractivity contribution in [3.63, 3.8) is 0 Å². The summed E-state index contributed by atoms with van der Waals surface area (Å²) in [5.74, 6) is 1.18. The van der Waals surface area contributed by atoms with Crippen molar-refractivity contribution in [2.24, 2.45) is 0 Å². The molecule has 2 aromatic carbocycles. The summed E-state index contributed by atoms with van der Waals surface area (Å²) in [6, 6.07) is 11.0. The topological polar surface area (TPSA) is 47.6 Å². The van der Waals surface area contributed by atoms with Crippen LogP contribution < -0.4 is 14.8 Å². The van der Waals surface area contributed by atoms with Crippen molar-refractivity contribution >= 4 is 23.2 Å². The maximum absolute atomic E-state index is 12.0. The lowest BCUT2D eigenvalue weighted by molar-refractivity contribution is -0.116. The molecule has 0 heterocycles. The maximum Gasteiger partial charge on any atom is 0.227 e. The van der Waals surface area contributed by atoms with E-state index in [0.717, 1.165) is 16.9 Å². The summed E-state index contributed by atoms with van der Waals surface area (Å²) >= 11 is 5.94. The van der Waals surface area contributed by atoms with Gasteiger partial charge in [-0.25, -0.2) is 0 Å². The Hall–Kier alpha value is -2.20. The number of amides is 1. The molecule has 1 N–H and O–H groups in total. The fraction of sp³-hybridized carbons (Fsp3) is 0.278. The first kappa shape index (κ1) is 17.2. The standard InChI is InChI=1S/C18H20ClNO3/c1-12-8-13(2)10-15(9-12)23-7-6-18(21)20-16-11-14(19)4-5-17(16)22-3/h4-5,8-11H,6-7H2,1-3H3,(H,20,21). The summed E-state index contributed by atoms with van der Waals surface area (Å²) in [4.78, 5) is 12.0. The number of anilines is 1. The molecule has 0 fully saturated rings. The molecule has 0 saturated heterocycles. The second kappa shape index (κ2) is 7.88. The smallest absolute Gasteiger partial charge is 0.227 e. The number of aryl methyl sites for hydroxylation is 2. The number of halogens is 1. The minimum Gasteiger partial charge on any atom is -0.495 e. The van der Waals surface area contributed by atoms with Gasteiger partial charge in [-0.05, 0) is 55.3 Å². The highest BCUT2D eigenvalue weighted by molar-refractivity contribution is 6.31. The van der Waals surface area contributed by atoms with Gasteiger partial charge in [0.2, 0.25) is 5.91 Å². The van der Waals surface area contributed by atoms with Gasteiger partial charge in [0, 0.05) is 5.02 Å². The molecule has 0 radical (unpaired) electrons. The van der Waals surface area contributed by atoms with E-state index < -0.39 is 0 Å². The van der Waals surface area contributed by atoms with Gasteiger partial charge in [-0.1, -0.05) is 17.7 Å². The third-order valence-electron chi connectivity index (χ3n) is 3.23. The minimum absolute atomic E-state index is 0.157. The van der Waals surface area contributed by atoms with Crippen LogP contribution >= 0.6 is 11.6 Å². The largest absolute Gasteiger partial charge is 0.495 e. The van der Waals surface area contributed by atoms with Gasteiger partial charge in [-0.2, -0.15) is 0 Å². The Morgan fingerprint density at radius 3 is 2.48 bits per heavy atom. The van der Waals surface area contributed by atoms with Gasteiger partial charge in [0.25, 0.3) is 0 Å². The Balaban J connectivity index is 1.89. The van der Waals surface area contributed by atoms with Gasteiger partial charge in [0.05, 0.1) is 25.8 Å². The molecule has 0 unspecified atom stereocenters. The van der Waals surface area contributed by atoms with E-state index >= 15 is 0 Å². The van der Waals surface area contributed by atoms with Crippen LogP contribution in [0.4, 0.5) is 5.69 Å². The Morgan fingerprint density at radius 2 is 1.83 bits per heavy atom. The third-order valence-corrected chi connectivity index (χ3v) is 3.46. The van der Waals surface area contributed by atoms with Gasteiger partial charge < -0.3 is 14.8 Å². The number of methoxy groups -OCH3 is 1. The van der Waals surface area contributed by atoms with E-state index in [2.05, 4.69) is 11.4 Å². The summed E-state index contributed by atoms with van der Waals surface area (Å²) in [5.41, 5.74) is 2.82. The molecule has 0 aliphatic heterocycles. The Bertz CT molecular complexity index is 680. The van der Waals surface area contributed by atoms with Crippen LogP contribution in [0.1, 0.15) is 17.5 Å². The molecule has 0 spiro atoms. The highest BCUT2D eigenvalue weighted by Gasteiger charge is 2.09. The van der Waals surface area contributed by atoms with Gasteiger partial charge >= 0.3 is 0 Å².